The topological polar surface area (TPSA) is 122 Å². The van der Waals surface area contributed by atoms with E-state index in [4.69, 9.17) is 10.8 Å². The van der Waals surface area contributed by atoms with Crippen LogP contribution in [0.4, 0.5) is 10.5 Å². The van der Waals surface area contributed by atoms with Crippen LogP contribution in [0.15, 0.2) is 24.3 Å². The van der Waals surface area contributed by atoms with Gasteiger partial charge in [-0.15, -0.1) is 0 Å². The number of carbonyl (C=O) groups excluding carboxylic acids is 2. The Bertz CT molecular complexity index is 555. The maximum absolute atomic E-state index is 11.9. The minimum absolute atomic E-state index is 0.0373. The molecule has 0 fully saturated rings. The van der Waals surface area contributed by atoms with Crippen LogP contribution in [0.2, 0.25) is 0 Å². The number of carboxylic acid groups (broad SMARTS) is 1. The maximum Gasteiger partial charge on any atom is 0.319 e. The quantitative estimate of drug-likeness (QED) is 0.635. The van der Waals surface area contributed by atoms with Gasteiger partial charge in [-0.1, -0.05) is 6.07 Å². The standard InChI is InChI=1S/C14H19N3O4/c1-14(2,7-6-11(18)19)17-13(21)16-10-5-3-4-9(8-10)12(15)20/h3-5,8H,6-7H2,1-2H3,(H2,15,20)(H,18,19)(H2,16,17,21). The molecule has 0 saturated heterocycles. The van der Waals surface area contributed by atoms with Crippen molar-refractivity contribution in [1.29, 1.82) is 0 Å². The van der Waals surface area contributed by atoms with E-state index in [1.807, 2.05) is 0 Å². The number of hydrogen-bond donors (Lipinski definition) is 4. The summed E-state index contributed by atoms with van der Waals surface area (Å²) in [6, 6.07) is 5.75. The first-order chi connectivity index (χ1) is 9.69. The first kappa shape index (κ1) is 16.5. The average molecular weight is 293 g/mol. The second-order valence-electron chi connectivity index (χ2n) is 5.30. The van der Waals surface area contributed by atoms with E-state index in [9.17, 15) is 14.4 Å². The molecule has 0 aromatic heterocycles. The molecule has 0 aliphatic carbocycles. The number of carbonyl (C=O) groups is 3. The lowest BCUT2D eigenvalue weighted by atomic mass is 9.99. The van der Waals surface area contributed by atoms with Gasteiger partial charge < -0.3 is 21.5 Å². The lowest BCUT2D eigenvalue weighted by Crippen LogP contribution is -2.45. The fourth-order valence-corrected chi connectivity index (χ4v) is 1.70. The van der Waals surface area contributed by atoms with Crippen molar-refractivity contribution in [1.82, 2.24) is 5.32 Å². The predicted octanol–water partition coefficient (Wildman–Crippen LogP) is 1.55. The predicted molar refractivity (Wildman–Crippen MR) is 78.1 cm³/mol. The van der Waals surface area contributed by atoms with Crippen molar-refractivity contribution in [2.45, 2.75) is 32.2 Å². The highest BCUT2D eigenvalue weighted by Gasteiger charge is 2.21. The Morgan fingerprint density at radius 3 is 2.52 bits per heavy atom. The Morgan fingerprint density at radius 2 is 1.95 bits per heavy atom. The Morgan fingerprint density at radius 1 is 1.29 bits per heavy atom. The van der Waals surface area contributed by atoms with Gasteiger partial charge in [0.1, 0.15) is 0 Å². The molecule has 1 aromatic rings. The normalized spacial score (nSPS) is 10.8. The summed E-state index contributed by atoms with van der Waals surface area (Å²) in [5, 5.41) is 13.9. The zero-order chi connectivity index (χ0) is 16.0. The molecule has 0 heterocycles. The van der Waals surface area contributed by atoms with E-state index >= 15 is 0 Å². The van der Waals surface area contributed by atoms with Gasteiger partial charge in [0.2, 0.25) is 5.91 Å². The SMILES string of the molecule is CC(C)(CCC(=O)O)NC(=O)Nc1cccc(C(N)=O)c1. The number of amides is 3. The molecule has 7 nitrogen and oxygen atoms in total. The number of nitrogens with two attached hydrogens (primary N) is 1. The minimum Gasteiger partial charge on any atom is -0.481 e. The monoisotopic (exact) mass is 293 g/mol. The number of urea groups is 1. The number of aliphatic carboxylic acids is 1. The van der Waals surface area contributed by atoms with Gasteiger partial charge in [-0.2, -0.15) is 0 Å². The highest BCUT2D eigenvalue weighted by Crippen LogP contribution is 2.13. The minimum atomic E-state index is -0.917. The molecule has 0 aliphatic rings. The molecule has 5 N–H and O–H groups in total. The largest absolute Gasteiger partial charge is 0.481 e. The molecule has 0 saturated carbocycles. The molecular weight excluding hydrogens is 274 g/mol. The van der Waals surface area contributed by atoms with Crippen molar-refractivity contribution in [2.75, 3.05) is 5.32 Å². The van der Waals surface area contributed by atoms with Crippen molar-refractivity contribution in [2.24, 2.45) is 5.73 Å². The van der Waals surface area contributed by atoms with Crippen LogP contribution in [-0.4, -0.2) is 28.6 Å². The second kappa shape index (κ2) is 6.74. The average Bonchev–Trinajstić information content (AvgIpc) is 2.36. The molecule has 114 valence electrons. The number of hydrogen-bond acceptors (Lipinski definition) is 3. The maximum atomic E-state index is 11.9. The Kier molecular flexibility index (Phi) is 5.29. The van der Waals surface area contributed by atoms with Crippen LogP contribution < -0.4 is 16.4 Å². The molecule has 21 heavy (non-hydrogen) atoms. The molecule has 0 bridgehead atoms. The van der Waals surface area contributed by atoms with Gasteiger partial charge in [-0.25, -0.2) is 4.79 Å². The van der Waals surface area contributed by atoms with Gasteiger partial charge in [0.05, 0.1) is 0 Å². The number of rotatable bonds is 6. The number of primary amides is 1. The second-order valence-corrected chi connectivity index (χ2v) is 5.30. The van der Waals surface area contributed by atoms with E-state index < -0.39 is 23.4 Å². The van der Waals surface area contributed by atoms with Gasteiger partial charge >= 0.3 is 12.0 Å². The van der Waals surface area contributed by atoms with Gasteiger partial charge in [-0.05, 0) is 38.5 Å². The molecule has 3 amide bonds. The van der Waals surface area contributed by atoms with Crippen molar-refractivity contribution in [3.63, 3.8) is 0 Å². The van der Waals surface area contributed by atoms with E-state index in [2.05, 4.69) is 10.6 Å². The van der Waals surface area contributed by atoms with Crippen molar-refractivity contribution in [3.8, 4) is 0 Å². The fourth-order valence-electron chi connectivity index (χ4n) is 1.70. The molecule has 0 spiro atoms. The van der Waals surface area contributed by atoms with Crippen LogP contribution in [0.1, 0.15) is 37.0 Å². The number of benzene rings is 1. The third kappa shape index (κ3) is 5.94. The number of anilines is 1. The van der Waals surface area contributed by atoms with E-state index in [0.29, 0.717) is 12.1 Å². The lowest BCUT2D eigenvalue weighted by Gasteiger charge is -2.25. The van der Waals surface area contributed by atoms with Crippen LogP contribution in [0.25, 0.3) is 0 Å². The highest BCUT2D eigenvalue weighted by molar-refractivity contribution is 5.96. The van der Waals surface area contributed by atoms with Crippen LogP contribution >= 0.6 is 0 Å². The smallest absolute Gasteiger partial charge is 0.319 e. The summed E-state index contributed by atoms with van der Waals surface area (Å²) in [7, 11) is 0. The summed E-state index contributed by atoms with van der Waals surface area (Å²) in [5.74, 6) is -1.50. The first-order valence-electron chi connectivity index (χ1n) is 6.40. The molecular formula is C14H19N3O4. The summed E-state index contributed by atoms with van der Waals surface area (Å²) >= 11 is 0. The highest BCUT2D eigenvalue weighted by atomic mass is 16.4. The van der Waals surface area contributed by atoms with E-state index in [0.717, 1.165) is 0 Å². The van der Waals surface area contributed by atoms with E-state index in [-0.39, 0.29) is 12.0 Å². The summed E-state index contributed by atoms with van der Waals surface area (Å²) < 4.78 is 0. The van der Waals surface area contributed by atoms with Gasteiger partial charge in [-0.3, -0.25) is 9.59 Å². The van der Waals surface area contributed by atoms with Crippen LogP contribution in [0.3, 0.4) is 0 Å². The Balaban J connectivity index is 2.62. The zero-order valence-corrected chi connectivity index (χ0v) is 12.0. The molecule has 0 atom stereocenters. The molecule has 0 aliphatic heterocycles. The lowest BCUT2D eigenvalue weighted by molar-refractivity contribution is -0.137. The van der Waals surface area contributed by atoms with Gasteiger partial charge in [0.15, 0.2) is 0 Å². The Hall–Kier alpha value is -2.57. The molecule has 1 rings (SSSR count). The Labute approximate surface area is 122 Å². The third-order valence-corrected chi connectivity index (χ3v) is 2.82. The third-order valence-electron chi connectivity index (χ3n) is 2.82. The summed E-state index contributed by atoms with van der Waals surface area (Å²) in [6.45, 7) is 3.46. The van der Waals surface area contributed by atoms with Crippen molar-refractivity contribution >= 4 is 23.6 Å². The molecule has 7 heteroatoms. The summed E-state index contributed by atoms with van der Waals surface area (Å²) in [5.41, 5.74) is 5.22. The van der Waals surface area contributed by atoms with Crippen LogP contribution in [-0.2, 0) is 4.79 Å². The zero-order valence-electron chi connectivity index (χ0n) is 12.0. The van der Waals surface area contributed by atoms with Crippen molar-refractivity contribution in [3.05, 3.63) is 29.8 Å². The summed E-state index contributed by atoms with van der Waals surface area (Å²) in [6.07, 6.45) is 0.265. The van der Waals surface area contributed by atoms with E-state index in [1.165, 1.54) is 6.07 Å². The van der Waals surface area contributed by atoms with Gasteiger partial charge in [0.25, 0.3) is 0 Å². The van der Waals surface area contributed by atoms with E-state index in [1.54, 1.807) is 32.0 Å². The number of carboxylic acids is 1. The summed E-state index contributed by atoms with van der Waals surface area (Å²) in [4.78, 5) is 33.5. The molecule has 1 aromatic carbocycles. The van der Waals surface area contributed by atoms with Crippen LogP contribution in [0, 0.1) is 0 Å². The first-order valence-corrected chi connectivity index (χ1v) is 6.40. The van der Waals surface area contributed by atoms with Crippen LogP contribution in [0.5, 0.6) is 0 Å². The number of nitrogens with one attached hydrogen (secondary N) is 2. The molecule has 0 radical (unpaired) electrons. The molecule has 0 unspecified atom stereocenters. The fraction of sp³-hybridized carbons (Fsp3) is 0.357. The van der Waals surface area contributed by atoms with Gasteiger partial charge in [0, 0.05) is 23.2 Å². The van der Waals surface area contributed by atoms with Crippen molar-refractivity contribution < 1.29 is 19.5 Å².